The van der Waals surface area contributed by atoms with Gasteiger partial charge in [-0.25, -0.2) is 0 Å². The van der Waals surface area contributed by atoms with Gasteiger partial charge in [0.05, 0.1) is 0 Å². The van der Waals surface area contributed by atoms with Crippen LogP contribution in [-0.2, 0) is 9.59 Å². The summed E-state index contributed by atoms with van der Waals surface area (Å²) >= 11 is 0. The molecule has 2 saturated carbocycles. The molecule has 0 amide bonds. The molecular weight excluding hydrogens is 334 g/mol. The molecule has 4 aliphatic carbocycles. The van der Waals surface area contributed by atoms with E-state index < -0.39 is 0 Å². The first-order chi connectivity index (χ1) is 12.9. The average molecular weight is 359 g/mol. The van der Waals surface area contributed by atoms with Crippen LogP contribution >= 0.6 is 0 Å². The molecular formula is C24H25NO2. The van der Waals surface area contributed by atoms with Gasteiger partial charge in [0.15, 0.2) is 5.78 Å². The highest BCUT2D eigenvalue weighted by atomic mass is 16.2. The largest absolute Gasteiger partial charge is 0.291 e. The van der Waals surface area contributed by atoms with E-state index in [4.69, 9.17) is 0 Å². The second kappa shape index (κ2) is 5.60. The van der Waals surface area contributed by atoms with E-state index in [0.717, 1.165) is 19.3 Å². The van der Waals surface area contributed by atoms with Gasteiger partial charge >= 0.3 is 0 Å². The maximum atomic E-state index is 12.5. The number of nitrogens with zero attached hydrogens (tertiary/aromatic N) is 1. The number of carbonyl (C=O) groups is 2. The van der Waals surface area contributed by atoms with Gasteiger partial charge in [-0.2, -0.15) is 0 Å². The topological polar surface area (TPSA) is 47.0 Å². The summed E-state index contributed by atoms with van der Waals surface area (Å²) < 4.78 is 0. The number of carbonyl (C=O) groups excluding carboxylic acids is 2. The summed E-state index contributed by atoms with van der Waals surface area (Å²) in [6, 6.07) is 4.15. The Morgan fingerprint density at radius 1 is 1.11 bits per heavy atom. The van der Waals surface area contributed by atoms with Crippen LogP contribution in [0.15, 0.2) is 54.4 Å². The third-order valence-electron chi connectivity index (χ3n) is 7.90. The lowest BCUT2D eigenvalue weighted by Gasteiger charge is -2.55. The van der Waals surface area contributed by atoms with Crippen LogP contribution in [0.3, 0.4) is 0 Å². The van der Waals surface area contributed by atoms with Crippen LogP contribution in [0, 0.1) is 28.6 Å². The minimum atomic E-state index is -0.225. The number of hydrogen-bond acceptors (Lipinski definition) is 3. The van der Waals surface area contributed by atoms with Crippen LogP contribution in [0.5, 0.6) is 0 Å². The Morgan fingerprint density at radius 3 is 2.74 bits per heavy atom. The molecule has 27 heavy (non-hydrogen) atoms. The molecule has 5 unspecified atom stereocenters. The molecule has 5 rings (SSSR count). The number of allylic oxidation sites excluding steroid dienone is 6. The first-order valence-electron chi connectivity index (χ1n) is 10.0. The Labute approximate surface area is 160 Å². The zero-order chi connectivity index (χ0) is 18.8. The predicted octanol–water partition coefficient (Wildman–Crippen LogP) is 4.56. The zero-order valence-corrected chi connectivity index (χ0v) is 15.9. The first-order valence-corrected chi connectivity index (χ1v) is 10.0. The molecule has 1 aromatic rings. The minimum absolute atomic E-state index is 0.0340. The second-order valence-corrected chi connectivity index (χ2v) is 9.10. The molecule has 0 aliphatic heterocycles. The molecule has 2 fully saturated rings. The quantitative estimate of drug-likeness (QED) is 0.545. The van der Waals surface area contributed by atoms with Gasteiger partial charge in [0, 0.05) is 36.1 Å². The molecule has 0 radical (unpaired) electrons. The highest BCUT2D eigenvalue weighted by Crippen LogP contribution is 2.63. The molecule has 1 aromatic heterocycles. The molecule has 0 bridgehead atoms. The Hall–Kier alpha value is -2.29. The Balaban J connectivity index is 1.53. The molecule has 3 heteroatoms. The van der Waals surface area contributed by atoms with Gasteiger partial charge in [-0.05, 0) is 47.8 Å². The van der Waals surface area contributed by atoms with E-state index in [1.807, 2.05) is 18.5 Å². The van der Waals surface area contributed by atoms with Crippen LogP contribution in [0.4, 0.5) is 0 Å². The fourth-order valence-electron chi connectivity index (χ4n) is 6.30. The van der Waals surface area contributed by atoms with Crippen molar-refractivity contribution in [1.82, 2.24) is 4.98 Å². The Morgan fingerprint density at radius 2 is 1.96 bits per heavy atom. The van der Waals surface area contributed by atoms with Crippen LogP contribution in [-0.4, -0.2) is 16.6 Å². The lowest BCUT2D eigenvalue weighted by molar-refractivity contribution is -0.146. The van der Waals surface area contributed by atoms with Crippen molar-refractivity contribution in [3.63, 3.8) is 0 Å². The van der Waals surface area contributed by atoms with E-state index in [1.165, 1.54) is 16.7 Å². The predicted molar refractivity (Wildman–Crippen MR) is 105 cm³/mol. The van der Waals surface area contributed by atoms with Gasteiger partial charge in [0.1, 0.15) is 0 Å². The molecule has 4 aliphatic rings. The zero-order valence-electron chi connectivity index (χ0n) is 15.9. The van der Waals surface area contributed by atoms with E-state index in [-0.39, 0.29) is 28.3 Å². The van der Waals surface area contributed by atoms with Gasteiger partial charge in [-0.15, -0.1) is 0 Å². The fraction of sp³-hybridized carbons (Fsp3) is 0.458. The molecule has 5 atom stereocenters. The van der Waals surface area contributed by atoms with E-state index >= 15 is 0 Å². The molecule has 138 valence electrons. The van der Waals surface area contributed by atoms with Crippen molar-refractivity contribution in [2.24, 2.45) is 28.6 Å². The van der Waals surface area contributed by atoms with Crippen molar-refractivity contribution in [3.05, 3.63) is 60.0 Å². The molecule has 1 heterocycles. The van der Waals surface area contributed by atoms with Gasteiger partial charge in [0.2, 0.25) is 5.78 Å². The van der Waals surface area contributed by atoms with Crippen molar-refractivity contribution in [2.45, 2.75) is 39.5 Å². The maximum absolute atomic E-state index is 12.5. The van der Waals surface area contributed by atoms with Gasteiger partial charge in [0.25, 0.3) is 0 Å². The van der Waals surface area contributed by atoms with E-state index in [2.05, 4.69) is 49.2 Å². The van der Waals surface area contributed by atoms with Crippen LogP contribution in [0.2, 0.25) is 0 Å². The highest BCUT2D eigenvalue weighted by molar-refractivity contribution is 6.39. The monoisotopic (exact) mass is 359 g/mol. The maximum Gasteiger partial charge on any atom is 0.205 e. The highest BCUT2D eigenvalue weighted by Gasteiger charge is 2.57. The molecule has 0 N–H and O–H groups in total. The summed E-state index contributed by atoms with van der Waals surface area (Å²) in [7, 11) is 0. The SMILES string of the molecule is CC12CCC3C(C=CC4C(=O)C(=O)CCC43C)C1=CC=C2c1cccnc1. The summed E-state index contributed by atoms with van der Waals surface area (Å²) in [5.74, 6) is 0.224. The summed E-state index contributed by atoms with van der Waals surface area (Å²) in [6.45, 7) is 4.61. The van der Waals surface area contributed by atoms with Crippen molar-refractivity contribution in [1.29, 1.82) is 0 Å². The van der Waals surface area contributed by atoms with Gasteiger partial charge in [-0.1, -0.05) is 49.8 Å². The van der Waals surface area contributed by atoms with Crippen molar-refractivity contribution in [3.8, 4) is 0 Å². The van der Waals surface area contributed by atoms with Crippen LogP contribution in [0.25, 0.3) is 5.57 Å². The number of fused-ring (bicyclic) bond motifs is 5. The number of ketones is 2. The smallest absolute Gasteiger partial charge is 0.205 e. The summed E-state index contributed by atoms with van der Waals surface area (Å²) in [6.07, 6.45) is 16.1. The summed E-state index contributed by atoms with van der Waals surface area (Å²) in [5, 5.41) is 0. The van der Waals surface area contributed by atoms with E-state index in [9.17, 15) is 9.59 Å². The van der Waals surface area contributed by atoms with Gasteiger partial charge in [-0.3, -0.25) is 14.6 Å². The molecule has 0 spiro atoms. The van der Waals surface area contributed by atoms with Crippen molar-refractivity contribution in [2.75, 3.05) is 0 Å². The lowest BCUT2D eigenvalue weighted by Crippen LogP contribution is -2.52. The second-order valence-electron chi connectivity index (χ2n) is 9.10. The van der Waals surface area contributed by atoms with Gasteiger partial charge < -0.3 is 0 Å². The Bertz CT molecular complexity index is 925. The standard InChI is InChI=1S/C24H25NO2/c1-23-11-9-19-16(5-6-20-22(27)21(26)10-12-24(19,20)2)18(23)8-7-17(23)15-4-3-13-25-14-15/h3-8,13-14,16,19-20H,9-12H2,1-2H3. The normalized spacial score (nSPS) is 40.0. The van der Waals surface area contributed by atoms with Crippen molar-refractivity contribution < 1.29 is 9.59 Å². The Kier molecular flexibility index (Phi) is 3.50. The van der Waals surface area contributed by atoms with E-state index in [0.29, 0.717) is 18.3 Å². The third-order valence-corrected chi connectivity index (χ3v) is 7.90. The average Bonchev–Trinajstić information content (AvgIpc) is 3.03. The van der Waals surface area contributed by atoms with Crippen molar-refractivity contribution >= 4 is 17.1 Å². The van der Waals surface area contributed by atoms with Crippen LogP contribution < -0.4 is 0 Å². The number of aromatic nitrogens is 1. The number of pyridine rings is 1. The summed E-state index contributed by atoms with van der Waals surface area (Å²) in [4.78, 5) is 28.8. The minimum Gasteiger partial charge on any atom is -0.291 e. The van der Waals surface area contributed by atoms with E-state index in [1.54, 1.807) is 0 Å². The third kappa shape index (κ3) is 2.17. The summed E-state index contributed by atoms with van der Waals surface area (Å²) in [5.41, 5.74) is 3.97. The lowest BCUT2D eigenvalue weighted by atomic mass is 9.48. The van der Waals surface area contributed by atoms with Crippen LogP contribution in [0.1, 0.15) is 45.1 Å². The number of Topliss-reactive ketones (excluding diaryl/α,β-unsaturated/α-hetero) is 2. The molecule has 0 saturated heterocycles. The number of hydrogen-bond donors (Lipinski definition) is 0. The fourth-order valence-corrected chi connectivity index (χ4v) is 6.30. The first kappa shape index (κ1) is 16.9. The molecule has 3 nitrogen and oxygen atoms in total. The molecule has 0 aromatic carbocycles. The number of rotatable bonds is 1.